The van der Waals surface area contributed by atoms with Crippen LogP contribution in [0.4, 0.5) is 18.9 Å². The number of aromatic nitrogens is 4. The number of rotatable bonds is 8. The average molecular weight is 633 g/mol. The van der Waals surface area contributed by atoms with E-state index in [2.05, 4.69) is 30.8 Å². The molecule has 2 aromatic heterocycles. The van der Waals surface area contributed by atoms with Gasteiger partial charge < -0.3 is 25.4 Å². The van der Waals surface area contributed by atoms with Crippen molar-refractivity contribution in [2.75, 3.05) is 44.6 Å². The molecule has 6 rings (SSSR count). The maximum absolute atomic E-state index is 13.5. The molecule has 3 aromatic rings. The fourth-order valence-electron chi connectivity index (χ4n) is 5.81. The van der Waals surface area contributed by atoms with Crippen molar-refractivity contribution < 1.29 is 27.6 Å². The summed E-state index contributed by atoms with van der Waals surface area (Å²) in [7, 11) is 0. The number of imidazole rings is 1. The minimum absolute atomic E-state index is 0.0249. The lowest BCUT2D eigenvalue weighted by Gasteiger charge is -2.35. The maximum atomic E-state index is 13.5. The van der Waals surface area contributed by atoms with Crippen molar-refractivity contribution in [2.24, 2.45) is 5.92 Å². The van der Waals surface area contributed by atoms with Gasteiger partial charge in [0.2, 0.25) is 5.91 Å². The highest BCUT2D eigenvalue weighted by molar-refractivity contribution is 6.34. The molecule has 11 nitrogen and oxygen atoms in total. The van der Waals surface area contributed by atoms with E-state index in [1.165, 1.54) is 18.3 Å². The minimum Gasteiger partial charge on any atom is -0.339 e. The monoisotopic (exact) mass is 632 g/mol. The number of benzene rings is 1. The summed E-state index contributed by atoms with van der Waals surface area (Å²) in [5.41, 5.74) is 0.481. The average Bonchev–Trinajstić information content (AvgIpc) is 3.34. The summed E-state index contributed by atoms with van der Waals surface area (Å²) < 4.78 is 40.6. The molecule has 0 radical (unpaired) electrons. The van der Waals surface area contributed by atoms with Crippen LogP contribution in [0.1, 0.15) is 75.2 Å². The normalized spacial score (nSPS) is 19.0. The number of hydrogen-bond acceptors (Lipinski definition) is 6. The smallest absolute Gasteiger partial charge is 0.339 e. The highest BCUT2D eigenvalue weighted by atomic mass is 35.5. The predicted octanol–water partition coefficient (Wildman–Crippen LogP) is 3.81. The van der Waals surface area contributed by atoms with E-state index in [4.69, 9.17) is 11.6 Å². The van der Waals surface area contributed by atoms with Gasteiger partial charge in [-0.2, -0.15) is 18.3 Å². The molecule has 44 heavy (non-hydrogen) atoms. The fraction of sp³-hybridized carbons (Fsp3) is 0.483. The number of carbonyl (C=O) groups is 3. The Hall–Kier alpha value is -3.91. The number of nitrogens with zero attached hydrogens (tertiary/aromatic N) is 4. The standard InChI is InChI=1S/C29H32ClF3N8O3/c30-22-13-18(3-4-20(22)28(44)41-9-7-40(8-10-41)23(42)11-16-5-6-34-14-16)37-27(43)26-35-15-19(36-26)12-21-24(17-1-2-17)38-39-25(21)29(31,32)33/h3-4,13,15-17,34H,1-2,5-12,14H2,(H,35,36)(H,37,43)(H,38,39)/t16-/m1/s1. The van der Waals surface area contributed by atoms with E-state index in [1.807, 2.05) is 0 Å². The third-order valence-corrected chi connectivity index (χ3v) is 8.68. The molecule has 1 saturated carbocycles. The highest BCUT2D eigenvalue weighted by Gasteiger charge is 2.40. The second-order valence-electron chi connectivity index (χ2n) is 11.6. The molecule has 4 N–H and O–H groups in total. The van der Waals surface area contributed by atoms with E-state index < -0.39 is 17.8 Å². The van der Waals surface area contributed by atoms with Crippen LogP contribution in [-0.4, -0.2) is 87.0 Å². The molecular formula is C29H32ClF3N8O3. The van der Waals surface area contributed by atoms with Gasteiger partial charge in [0.15, 0.2) is 11.5 Å². The van der Waals surface area contributed by atoms with Gasteiger partial charge in [-0.1, -0.05) is 11.6 Å². The van der Waals surface area contributed by atoms with Crippen LogP contribution >= 0.6 is 11.6 Å². The molecule has 3 aliphatic rings. The van der Waals surface area contributed by atoms with Crippen molar-refractivity contribution in [3.05, 3.63) is 63.5 Å². The molecule has 1 aromatic carbocycles. The first-order valence-corrected chi connectivity index (χ1v) is 15.0. The van der Waals surface area contributed by atoms with Crippen molar-refractivity contribution in [1.82, 2.24) is 35.3 Å². The molecule has 234 valence electrons. The summed E-state index contributed by atoms with van der Waals surface area (Å²) in [6.45, 7) is 3.52. The van der Waals surface area contributed by atoms with Gasteiger partial charge in [-0.05, 0) is 56.5 Å². The number of H-pyrrole nitrogens is 2. The highest BCUT2D eigenvalue weighted by Crippen LogP contribution is 2.44. The van der Waals surface area contributed by atoms with Gasteiger partial charge in [0, 0.05) is 73.8 Å². The second-order valence-corrected chi connectivity index (χ2v) is 12.0. The Bertz CT molecular complexity index is 1550. The fourth-order valence-corrected chi connectivity index (χ4v) is 6.07. The number of halogens is 4. The van der Waals surface area contributed by atoms with Crippen LogP contribution in [-0.2, 0) is 17.4 Å². The molecule has 2 saturated heterocycles. The maximum Gasteiger partial charge on any atom is 0.435 e. The van der Waals surface area contributed by atoms with Gasteiger partial charge in [-0.25, -0.2) is 4.98 Å². The van der Waals surface area contributed by atoms with Gasteiger partial charge in [-0.15, -0.1) is 0 Å². The van der Waals surface area contributed by atoms with E-state index in [-0.39, 0.29) is 46.1 Å². The van der Waals surface area contributed by atoms with E-state index in [1.54, 1.807) is 15.9 Å². The van der Waals surface area contributed by atoms with Gasteiger partial charge >= 0.3 is 6.18 Å². The molecule has 4 heterocycles. The van der Waals surface area contributed by atoms with Crippen molar-refractivity contribution >= 4 is 35.0 Å². The molecule has 0 bridgehead atoms. The lowest BCUT2D eigenvalue weighted by atomic mass is 10.0. The summed E-state index contributed by atoms with van der Waals surface area (Å²) in [5.74, 6) is -0.466. The number of carbonyl (C=O) groups excluding carboxylic acids is 3. The largest absolute Gasteiger partial charge is 0.435 e. The third-order valence-electron chi connectivity index (χ3n) is 8.37. The Labute approximate surface area is 255 Å². The molecule has 1 atom stereocenters. The number of hydrogen-bond donors (Lipinski definition) is 4. The van der Waals surface area contributed by atoms with Crippen LogP contribution in [0.25, 0.3) is 0 Å². The quantitative estimate of drug-likeness (QED) is 0.298. The van der Waals surface area contributed by atoms with Crippen LogP contribution in [0.5, 0.6) is 0 Å². The Kier molecular flexibility index (Phi) is 8.38. The summed E-state index contributed by atoms with van der Waals surface area (Å²) in [4.78, 5) is 49.0. The summed E-state index contributed by atoms with van der Waals surface area (Å²) >= 11 is 6.43. The first kappa shape index (κ1) is 30.1. The molecule has 0 unspecified atom stereocenters. The van der Waals surface area contributed by atoms with Crippen molar-refractivity contribution in [3.8, 4) is 0 Å². The van der Waals surface area contributed by atoms with Crippen LogP contribution < -0.4 is 10.6 Å². The van der Waals surface area contributed by atoms with Gasteiger partial charge in [0.05, 0.1) is 10.6 Å². The van der Waals surface area contributed by atoms with E-state index in [0.29, 0.717) is 55.6 Å². The first-order chi connectivity index (χ1) is 21.1. The summed E-state index contributed by atoms with van der Waals surface area (Å²) in [5, 5.41) is 12.1. The Balaban J connectivity index is 1.05. The molecular weight excluding hydrogens is 601 g/mol. The molecule has 15 heteroatoms. The summed E-state index contributed by atoms with van der Waals surface area (Å²) in [6.07, 6.45) is -0.275. The molecule has 0 spiro atoms. The zero-order valence-corrected chi connectivity index (χ0v) is 24.5. The number of anilines is 1. The van der Waals surface area contributed by atoms with Crippen LogP contribution in [0, 0.1) is 5.92 Å². The second kappa shape index (κ2) is 12.2. The van der Waals surface area contributed by atoms with Crippen LogP contribution in [0.15, 0.2) is 24.4 Å². The minimum atomic E-state index is -4.61. The van der Waals surface area contributed by atoms with E-state index in [0.717, 1.165) is 32.4 Å². The first-order valence-electron chi connectivity index (χ1n) is 14.6. The molecule has 3 fully saturated rings. The van der Waals surface area contributed by atoms with Crippen molar-refractivity contribution in [1.29, 1.82) is 0 Å². The van der Waals surface area contributed by atoms with Crippen molar-refractivity contribution in [3.63, 3.8) is 0 Å². The van der Waals surface area contributed by atoms with E-state index in [9.17, 15) is 27.6 Å². The summed E-state index contributed by atoms with van der Waals surface area (Å²) in [6, 6.07) is 4.52. The Morgan fingerprint density at radius 3 is 2.48 bits per heavy atom. The topological polar surface area (TPSA) is 139 Å². The number of aromatic amines is 2. The number of piperazine rings is 1. The number of alkyl halides is 3. The zero-order valence-electron chi connectivity index (χ0n) is 23.8. The zero-order chi connectivity index (χ0) is 31.0. The van der Waals surface area contributed by atoms with E-state index >= 15 is 0 Å². The Morgan fingerprint density at radius 2 is 1.82 bits per heavy atom. The number of amides is 3. The van der Waals surface area contributed by atoms with Gasteiger partial charge in [0.25, 0.3) is 11.8 Å². The Morgan fingerprint density at radius 1 is 1.07 bits per heavy atom. The lowest BCUT2D eigenvalue weighted by molar-refractivity contribution is -0.141. The van der Waals surface area contributed by atoms with Gasteiger partial charge in [-0.3, -0.25) is 19.5 Å². The molecule has 1 aliphatic carbocycles. The lowest BCUT2D eigenvalue weighted by Crippen LogP contribution is -2.51. The predicted molar refractivity (Wildman–Crippen MR) is 154 cm³/mol. The molecule has 3 amide bonds. The number of nitrogens with one attached hydrogen (secondary N) is 4. The van der Waals surface area contributed by atoms with Crippen molar-refractivity contribution in [2.45, 2.75) is 44.2 Å². The third kappa shape index (κ3) is 6.60. The van der Waals surface area contributed by atoms with Gasteiger partial charge in [0.1, 0.15) is 0 Å². The van der Waals surface area contributed by atoms with Crippen LogP contribution in [0.3, 0.4) is 0 Å². The SMILES string of the molecule is O=C(Nc1ccc(C(=O)N2CCN(C(=O)C[C@H]3CCNC3)CC2)c(Cl)c1)c1ncc(Cc2c(C(F)(F)F)n[nH]c2C2CC2)[nH]1. The molecule has 2 aliphatic heterocycles. The van der Waals surface area contributed by atoms with Crippen LogP contribution in [0.2, 0.25) is 5.02 Å².